The van der Waals surface area contributed by atoms with Crippen molar-refractivity contribution in [1.29, 1.82) is 0 Å². The summed E-state index contributed by atoms with van der Waals surface area (Å²) in [6.45, 7) is 0.526. The number of carbonyl (C=O) groups is 1. The van der Waals surface area contributed by atoms with E-state index in [0.29, 0.717) is 29.0 Å². The molecule has 0 radical (unpaired) electrons. The number of non-ortho nitro benzene ring substituents is 1. The highest BCUT2D eigenvalue weighted by Gasteiger charge is 2.19. The Hall–Kier alpha value is -3.92. The molecule has 4 rings (SSSR count). The average molecular weight is 449 g/mol. The highest BCUT2D eigenvalue weighted by atomic mass is 32.2. The Bertz CT molecular complexity index is 1210. The summed E-state index contributed by atoms with van der Waals surface area (Å²) in [5, 5.41) is 20.0. The third-order valence-corrected chi connectivity index (χ3v) is 5.74. The van der Waals surface area contributed by atoms with Crippen LogP contribution >= 0.6 is 11.8 Å². The quantitative estimate of drug-likeness (QED) is 0.225. The minimum absolute atomic E-state index is 0.0246. The van der Waals surface area contributed by atoms with Crippen LogP contribution in [0.3, 0.4) is 0 Å². The minimum atomic E-state index is -0.475. The Morgan fingerprint density at radius 3 is 2.50 bits per heavy atom. The number of carbonyl (C=O) groups excluding carboxylic acids is 1. The molecule has 0 bridgehead atoms. The van der Waals surface area contributed by atoms with Gasteiger partial charge in [0.1, 0.15) is 0 Å². The second kappa shape index (κ2) is 9.48. The highest BCUT2D eigenvalue weighted by Crippen LogP contribution is 2.26. The Morgan fingerprint density at radius 1 is 1.09 bits per heavy atom. The first-order valence-corrected chi connectivity index (χ1v) is 10.7. The van der Waals surface area contributed by atoms with Gasteiger partial charge in [0.15, 0.2) is 10.9 Å². The van der Waals surface area contributed by atoms with Crippen LogP contribution in [0.15, 0.2) is 82.6 Å². The molecule has 4 aromatic rings. The van der Waals surface area contributed by atoms with Gasteiger partial charge >= 0.3 is 0 Å². The zero-order valence-electron chi connectivity index (χ0n) is 17.1. The lowest BCUT2D eigenvalue weighted by Gasteiger charge is -2.17. The monoisotopic (exact) mass is 449 g/mol. The lowest BCUT2D eigenvalue weighted by molar-refractivity contribution is -0.384. The molecule has 0 atom stereocenters. The maximum Gasteiger partial charge on any atom is 0.269 e. The molecule has 0 unspecified atom stereocenters. The molecule has 162 valence electrons. The number of hydrogen-bond donors (Lipinski definition) is 0. The summed E-state index contributed by atoms with van der Waals surface area (Å²) < 4.78 is 7.42. The second-order valence-corrected chi connectivity index (χ2v) is 7.81. The summed E-state index contributed by atoms with van der Waals surface area (Å²) in [5.41, 5.74) is 1.61. The molecule has 0 saturated heterocycles. The van der Waals surface area contributed by atoms with E-state index in [0.717, 1.165) is 5.56 Å². The summed E-state index contributed by atoms with van der Waals surface area (Å²) in [7, 11) is 1.63. The number of hydrogen-bond acceptors (Lipinski definition) is 7. The van der Waals surface area contributed by atoms with Gasteiger partial charge in [-0.3, -0.25) is 19.5 Å². The standard InChI is InChI=1S/C22H19N5O4S/c1-25(17-9-11-18(12-10-17)27(29)30)20(28)15-32-22-24-23-21(19-8-5-13-31-19)26(22)14-16-6-3-2-4-7-16/h2-13H,14-15H2,1H3. The zero-order valence-corrected chi connectivity index (χ0v) is 17.9. The SMILES string of the molecule is CN(C(=O)CSc1nnc(-c2ccco2)n1Cc1ccccc1)c1ccc([N+](=O)[O-])cc1. The number of nitro benzene ring substituents is 1. The average Bonchev–Trinajstić information content (AvgIpc) is 3.48. The molecule has 0 N–H and O–H groups in total. The molecule has 0 aliphatic heterocycles. The van der Waals surface area contributed by atoms with Crippen molar-refractivity contribution in [2.75, 3.05) is 17.7 Å². The van der Waals surface area contributed by atoms with Gasteiger partial charge in [0.05, 0.1) is 23.5 Å². The molecular formula is C22H19N5O4S. The zero-order chi connectivity index (χ0) is 22.5. The van der Waals surface area contributed by atoms with Crippen LogP contribution in [0.2, 0.25) is 0 Å². The van der Waals surface area contributed by atoms with Crippen molar-refractivity contribution < 1.29 is 14.1 Å². The van der Waals surface area contributed by atoms with Gasteiger partial charge < -0.3 is 9.32 Å². The van der Waals surface area contributed by atoms with Crippen LogP contribution in [-0.2, 0) is 11.3 Å². The van der Waals surface area contributed by atoms with E-state index in [-0.39, 0.29) is 17.3 Å². The van der Waals surface area contributed by atoms with Crippen LogP contribution in [0.25, 0.3) is 11.6 Å². The topological polar surface area (TPSA) is 107 Å². The van der Waals surface area contributed by atoms with E-state index in [1.807, 2.05) is 41.0 Å². The van der Waals surface area contributed by atoms with Crippen LogP contribution in [0.4, 0.5) is 11.4 Å². The number of amides is 1. The number of rotatable bonds is 8. The molecule has 2 aromatic heterocycles. The van der Waals surface area contributed by atoms with E-state index in [1.54, 1.807) is 31.5 Å². The third kappa shape index (κ3) is 4.70. The van der Waals surface area contributed by atoms with Crippen LogP contribution in [0.1, 0.15) is 5.56 Å². The third-order valence-electron chi connectivity index (χ3n) is 4.79. The Balaban J connectivity index is 1.51. The van der Waals surface area contributed by atoms with Crippen LogP contribution in [-0.4, -0.2) is 38.4 Å². The molecule has 1 amide bonds. The Kier molecular flexibility index (Phi) is 6.31. The molecule has 0 spiro atoms. The molecule has 0 saturated carbocycles. The summed E-state index contributed by atoms with van der Waals surface area (Å²) in [5.74, 6) is 1.13. The summed E-state index contributed by atoms with van der Waals surface area (Å²) >= 11 is 1.27. The predicted octanol–water partition coefficient (Wildman–Crippen LogP) is 4.25. The van der Waals surface area contributed by atoms with E-state index in [4.69, 9.17) is 4.42 Å². The van der Waals surface area contributed by atoms with Gasteiger partial charge in [-0.1, -0.05) is 42.1 Å². The Morgan fingerprint density at radius 2 is 1.84 bits per heavy atom. The van der Waals surface area contributed by atoms with Crippen molar-refractivity contribution in [3.63, 3.8) is 0 Å². The van der Waals surface area contributed by atoms with Gasteiger partial charge in [0.25, 0.3) is 5.69 Å². The Labute approximate surface area is 187 Å². The smallest absolute Gasteiger partial charge is 0.269 e. The number of nitro groups is 1. The number of furan rings is 1. The maximum atomic E-state index is 12.7. The molecular weight excluding hydrogens is 430 g/mol. The van der Waals surface area contributed by atoms with Gasteiger partial charge in [-0.25, -0.2) is 0 Å². The highest BCUT2D eigenvalue weighted by molar-refractivity contribution is 7.99. The fraction of sp³-hybridized carbons (Fsp3) is 0.136. The molecule has 2 heterocycles. The van der Waals surface area contributed by atoms with Gasteiger partial charge in [0.2, 0.25) is 11.7 Å². The van der Waals surface area contributed by atoms with E-state index < -0.39 is 4.92 Å². The number of nitrogens with zero attached hydrogens (tertiary/aromatic N) is 5. The van der Waals surface area contributed by atoms with E-state index in [2.05, 4.69) is 10.2 Å². The number of anilines is 1. The van der Waals surface area contributed by atoms with Crippen LogP contribution in [0, 0.1) is 10.1 Å². The number of aromatic nitrogens is 3. The number of thioether (sulfide) groups is 1. The van der Waals surface area contributed by atoms with Crippen molar-refractivity contribution in [2.24, 2.45) is 0 Å². The summed E-state index contributed by atoms with van der Waals surface area (Å²) in [4.78, 5) is 24.5. The summed E-state index contributed by atoms with van der Waals surface area (Å²) in [6, 6.07) is 19.3. The van der Waals surface area contributed by atoms with Crippen molar-refractivity contribution in [3.05, 3.63) is 88.7 Å². The normalized spacial score (nSPS) is 10.8. The van der Waals surface area contributed by atoms with Gasteiger partial charge in [-0.05, 0) is 29.8 Å². The fourth-order valence-electron chi connectivity index (χ4n) is 3.06. The van der Waals surface area contributed by atoms with Gasteiger partial charge in [-0.15, -0.1) is 10.2 Å². The largest absolute Gasteiger partial charge is 0.461 e. The lowest BCUT2D eigenvalue weighted by Crippen LogP contribution is -2.28. The second-order valence-electron chi connectivity index (χ2n) is 6.87. The molecule has 10 heteroatoms. The molecule has 0 aliphatic carbocycles. The lowest BCUT2D eigenvalue weighted by atomic mass is 10.2. The van der Waals surface area contributed by atoms with Gasteiger partial charge in [0, 0.05) is 24.9 Å². The predicted molar refractivity (Wildman–Crippen MR) is 120 cm³/mol. The van der Waals surface area contributed by atoms with Crippen molar-refractivity contribution in [2.45, 2.75) is 11.7 Å². The first-order chi connectivity index (χ1) is 15.5. The first-order valence-electron chi connectivity index (χ1n) is 9.68. The summed E-state index contributed by atoms with van der Waals surface area (Å²) in [6.07, 6.45) is 1.58. The molecule has 9 nitrogen and oxygen atoms in total. The first kappa shape index (κ1) is 21.3. The van der Waals surface area contributed by atoms with E-state index in [9.17, 15) is 14.9 Å². The van der Waals surface area contributed by atoms with Crippen molar-refractivity contribution >= 4 is 29.0 Å². The van der Waals surface area contributed by atoms with Crippen LogP contribution < -0.4 is 4.90 Å². The molecule has 2 aromatic carbocycles. The molecule has 0 aliphatic rings. The minimum Gasteiger partial charge on any atom is -0.461 e. The molecule has 0 fully saturated rings. The van der Waals surface area contributed by atoms with E-state index >= 15 is 0 Å². The maximum absolute atomic E-state index is 12.7. The van der Waals surface area contributed by atoms with Crippen molar-refractivity contribution in [3.8, 4) is 11.6 Å². The fourth-order valence-corrected chi connectivity index (χ4v) is 3.91. The molecule has 32 heavy (non-hydrogen) atoms. The number of benzene rings is 2. The van der Waals surface area contributed by atoms with E-state index in [1.165, 1.54) is 28.8 Å². The van der Waals surface area contributed by atoms with Crippen molar-refractivity contribution in [1.82, 2.24) is 14.8 Å². The van der Waals surface area contributed by atoms with Crippen LogP contribution in [0.5, 0.6) is 0 Å². The van der Waals surface area contributed by atoms with Gasteiger partial charge in [-0.2, -0.15) is 0 Å².